The molecule has 2 aromatic carbocycles. The van der Waals surface area contributed by atoms with Gasteiger partial charge in [0.2, 0.25) is 0 Å². The van der Waals surface area contributed by atoms with E-state index < -0.39 is 0 Å². The standard InChI is InChI=1S/C24H22N4O2S/c1-17-25-20-16-18(9-10-21(20)28(17)19-6-3-2-4-7-19)23(29)26-11-13-27(14-12-26)24(30)22-8-5-15-31-22/h2-10,15-16H,11-14H2,1H3. The molecule has 1 fully saturated rings. The zero-order valence-electron chi connectivity index (χ0n) is 17.2. The highest BCUT2D eigenvalue weighted by atomic mass is 32.1. The molecular formula is C24H22N4O2S. The molecular weight excluding hydrogens is 408 g/mol. The molecule has 156 valence electrons. The van der Waals surface area contributed by atoms with Gasteiger partial charge in [-0.05, 0) is 48.7 Å². The van der Waals surface area contributed by atoms with Gasteiger partial charge in [0, 0.05) is 37.4 Å². The largest absolute Gasteiger partial charge is 0.335 e. The van der Waals surface area contributed by atoms with Crippen molar-refractivity contribution in [3.63, 3.8) is 0 Å². The number of imidazole rings is 1. The van der Waals surface area contributed by atoms with Crippen LogP contribution in [-0.4, -0.2) is 57.3 Å². The van der Waals surface area contributed by atoms with Crippen LogP contribution in [0.15, 0.2) is 66.0 Å². The molecule has 7 heteroatoms. The van der Waals surface area contributed by atoms with Gasteiger partial charge in [0.15, 0.2) is 0 Å². The SMILES string of the molecule is Cc1nc2cc(C(=O)N3CCN(C(=O)c4cccs4)CC3)ccc2n1-c1ccccc1. The Labute approximate surface area is 184 Å². The van der Waals surface area contributed by atoms with Crippen molar-refractivity contribution in [1.29, 1.82) is 0 Å². The predicted molar refractivity (Wildman–Crippen MR) is 122 cm³/mol. The Morgan fingerprint density at radius 1 is 0.871 bits per heavy atom. The lowest BCUT2D eigenvalue weighted by Gasteiger charge is -2.34. The first-order chi connectivity index (χ1) is 15.1. The molecule has 0 radical (unpaired) electrons. The van der Waals surface area contributed by atoms with Gasteiger partial charge >= 0.3 is 0 Å². The van der Waals surface area contributed by atoms with E-state index in [0.29, 0.717) is 31.7 Å². The molecule has 0 bridgehead atoms. The van der Waals surface area contributed by atoms with Gasteiger partial charge in [-0.25, -0.2) is 4.98 Å². The van der Waals surface area contributed by atoms with Crippen molar-refractivity contribution in [3.05, 3.63) is 82.3 Å². The van der Waals surface area contributed by atoms with Crippen molar-refractivity contribution in [2.24, 2.45) is 0 Å². The molecule has 0 atom stereocenters. The molecule has 6 nitrogen and oxygen atoms in total. The second-order valence-electron chi connectivity index (χ2n) is 7.60. The van der Waals surface area contributed by atoms with E-state index in [0.717, 1.165) is 27.4 Å². The number of aromatic nitrogens is 2. The third-order valence-corrected chi connectivity index (χ3v) is 6.53. The Morgan fingerprint density at radius 3 is 2.26 bits per heavy atom. The van der Waals surface area contributed by atoms with E-state index in [9.17, 15) is 9.59 Å². The lowest BCUT2D eigenvalue weighted by atomic mass is 10.1. The fourth-order valence-electron chi connectivity index (χ4n) is 4.09. The molecule has 1 saturated heterocycles. The van der Waals surface area contributed by atoms with Gasteiger partial charge in [0.25, 0.3) is 11.8 Å². The quantitative estimate of drug-likeness (QED) is 0.494. The zero-order chi connectivity index (χ0) is 21.4. The molecule has 0 unspecified atom stereocenters. The summed E-state index contributed by atoms with van der Waals surface area (Å²) in [6.45, 7) is 4.13. The van der Waals surface area contributed by atoms with Gasteiger partial charge in [0.05, 0.1) is 15.9 Å². The van der Waals surface area contributed by atoms with E-state index in [2.05, 4.69) is 9.55 Å². The second-order valence-corrected chi connectivity index (χ2v) is 8.54. The number of benzene rings is 2. The van der Waals surface area contributed by atoms with Gasteiger partial charge in [-0.15, -0.1) is 11.3 Å². The third-order valence-electron chi connectivity index (χ3n) is 5.67. The van der Waals surface area contributed by atoms with E-state index in [1.165, 1.54) is 11.3 Å². The second kappa shape index (κ2) is 8.00. The Balaban J connectivity index is 1.33. The summed E-state index contributed by atoms with van der Waals surface area (Å²) in [6, 6.07) is 19.5. The minimum atomic E-state index is -0.0166. The van der Waals surface area contributed by atoms with E-state index in [4.69, 9.17) is 0 Å². The molecule has 2 aromatic heterocycles. The zero-order valence-corrected chi connectivity index (χ0v) is 18.0. The normalized spacial score (nSPS) is 14.2. The molecule has 0 aliphatic carbocycles. The number of nitrogens with zero attached hydrogens (tertiary/aromatic N) is 4. The first-order valence-electron chi connectivity index (χ1n) is 10.3. The summed E-state index contributed by atoms with van der Waals surface area (Å²) in [6.07, 6.45) is 0. The summed E-state index contributed by atoms with van der Waals surface area (Å²) in [7, 11) is 0. The molecule has 0 spiro atoms. The fourth-order valence-corrected chi connectivity index (χ4v) is 4.78. The third kappa shape index (κ3) is 3.61. The van der Waals surface area contributed by atoms with Crippen LogP contribution in [0.5, 0.6) is 0 Å². The highest BCUT2D eigenvalue weighted by Crippen LogP contribution is 2.23. The number of carbonyl (C=O) groups is 2. The minimum absolute atomic E-state index is 0.0166. The van der Waals surface area contributed by atoms with Crippen molar-refractivity contribution >= 4 is 34.2 Å². The maximum absolute atomic E-state index is 13.1. The molecule has 1 aliphatic rings. The average molecular weight is 431 g/mol. The highest BCUT2D eigenvalue weighted by molar-refractivity contribution is 7.12. The monoisotopic (exact) mass is 430 g/mol. The van der Waals surface area contributed by atoms with Gasteiger partial charge in [-0.2, -0.15) is 0 Å². The van der Waals surface area contributed by atoms with Crippen LogP contribution in [0.1, 0.15) is 25.9 Å². The van der Waals surface area contributed by atoms with Crippen LogP contribution in [0.3, 0.4) is 0 Å². The Morgan fingerprint density at radius 2 is 1.58 bits per heavy atom. The summed E-state index contributed by atoms with van der Waals surface area (Å²) in [5.41, 5.74) is 3.46. The van der Waals surface area contributed by atoms with Crippen LogP contribution in [0.25, 0.3) is 16.7 Å². The predicted octanol–water partition coefficient (Wildman–Crippen LogP) is 3.99. The highest BCUT2D eigenvalue weighted by Gasteiger charge is 2.26. The fraction of sp³-hybridized carbons (Fsp3) is 0.208. The number of piperazine rings is 1. The van der Waals surface area contributed by atoms with Crippen molar-refractivity contribution < 1.29 is 9.59 Å². The Bertz CT molecular complexity index is 1240. The van der Waals surface area contributed by atoms with E-state index in [1.807, 2.05) is 82.8 Å². The van der Waals surface area contributed by atoms with Crippen molar-refractivity contribution in [3.8, 4) is 5.69 Å². The molecule has 0 saturated carbocycles. The minimum Gasteiger partial charge on any atom is -0.335 e. The smallest absolute Gasteiger partial charge is 0.264 e. The molecule has 4 aromatic rings. The summed E-state index contributed by atoms with van der Waals surface area (Å²) < 4.78 is 2.10. The first-order valence-corrected chi connectivity index (χ1v) is 11.2. The Hall–Kier alpha value is -3.45. The van der Waals surface area contributed by atoms with Crippen LogP contribution < -0.4 is 0 Å². The van der Waals surface area contributed by atoms with Crippen LogP contribution in [0, 0.1) is 6.92 Å². The van der Waals surface area contributed by atoms with Gasteiger partial charge in [0.1, 0.15) is 5.82 Å². The van der Waals surface area contributed by atoms with E-state index in [-0.39, 0.29) is 11.8 Å². The first kappa shape index (κ1) is 19.5. The number of para-hydroxylation sites is 1. The number of amides is 2. The average Bonchev–Trinajstić information content (AvgIpc) is 3.46. The Kier molecular flexibility index (Phi) is 5.03. The van der Waals surface area contributed by atoms with Crippen LogP contribution in [0.4, 0.5) is 0 Å². The van der Waals surface area contributed by atoms with Crippen LogP contribution >= 0.6 is 11.3 Å². The number of carbonyl (C=O) groups excluding carboxylic acids is 2. The van der Waals surface area contributed by atoms with Crippen molar-refractivity contribution in [2.45, 2.75) is 6.92 Å². The van der Waals surface area contributed by atoms with Crippen molar-refractivity contribution in [2.75, 3.05) is 26.2 Å². The van der Waals surface area contributed by atoms with Gasteiger partial charge < -0.3 is 9.80 Å². The topological polar surface area (TPSA) is 58.4 Å². The summed E-state index contributed by atoms with van der Waals surface area (Å²) >= 11 is 1.45. The molecule has 2 amide bonds. The van der Waals surface area contributed by atoms with E-state index >= 15 is 0 Å². The number of fused-ring (bicyclic) bond motifs is 1. The van der Waals surface area contributed by atoms with Gasteiger partial charge in [-0.1, -0.05) is 24.3 Å². The summed E-state index contributed by atoms with van der Waals surface area (Å²) in [5.74, 6) is 0.911. The number of thiophene rings is 1. The van der Waals surface area contributed by atoms with Gasteiger partial charge in [-0.3, -0.25) is 14.2 Å². The van der Waals surface area contributed by atoms with Crippen LogP contribution in [-0.2, 0) is 0 Å². The summed E-state index contributed by atoms with van der Waals surface area (Å²) in [5, 5.41) is 1.91. The molecule has 1 aliphatic heterocycles. The molecule has 3 heterocycles. The van der Waals surface area contributed by atoms with E-state index in [1.54, 1.807) is 0 Å². The lowest BCUT2D eigenvalue weighted by Crippen LogP contribution is -2.50. The number of aryl methyl sites for hydroxylation is 1. The summed E-state index contributed by atoms with van der Waals surface area (Å²) in [4.78, 5) is 34.7. The number of hydrogen-bond acceptors (Lipinski definition) is 4. The molecule has 0 N–H and O–H groups in total. The maximum Gasteiger partial charge on any atom is 0.264 e. The van der Waals surface area contributed by atoms with Crippen molar-refractivity contribution in [1.82, 2.24) is 19.4 Å². The molecule has 31 heavy (non-hydrogen) atoms. The molecule has 5 rings (SSSR count). The lowest BCUT2D eigenvalue weighted by molar-refractivity contribution is 0.0538. The number of hydrogen-bond donors (Lipinski definition) is 0. The van der Waals surface area contributed by atoms with Crippen LogP contribution in [0.2, 0.25) is 0 Å². The number of rotatable bonds is 3. The maximum atomic E-state index is 13.1.